The number of nitrogens with zero attached hydrogens (tertiary/aromatic N) is 1. The first-order valence-corrected chi connectivity index (χ1v) is 17.0. The summed E-state index contributed by atoms with van der Waals surface area (Å²) in [4.78, 5) is 10.3. The van der Waals surface area contributed by atoms with Crippen LogP contribution in [-0.4, -0.2) is 48.8 Å². The van der Waals surface area contributed by atoms with Crippen molar-refractivity contribution in [1.82, 2.24) is 0 Å². The highest BCUT2D eigenvalue weighted by Crippen LogP contribution is 2.46. The molecule has 0 bridgehead atoms. The molecule has 1 aliphatic rings. The summed E-state index contributed by atoms with van der Waals surface area (Å²) < 4.78 is 24.4. The second kappa shape index (κ2) is 19.4. The van der Waals surface area contributed by atoms with Crippen molar-refractivity contribution >= 4 is 7.82 Å². The van der Waals surface area contributed by atoms with Crippen molar-refractivity contribution in [3.05, 3.63) is 35.9 Å². The second-order valence-electron chi connectivity index (χ2n) is 11.6. The smallest absolute Gasteiger partial charge is 0.326 e. The third kappa shape index (κ3) is 16.1. The molecule has 6 heteroatoms. The Bertz CT molecular complexity index is 731. The number of unbranched alkanes of at least 4 members (excludes halogenated alkanes) is 13. The van der Waals surface area contributed by atoms with Crippen LogP contribution in [0.2, 0.25) is 0 Å². The Balaban J connectivity index is 1.47. The van der Waals surface area contributed by atoms with Crippen LogP contribution in [-0.2, 0) is 20.0 Å². The van der Waals surface area contributed by atoms with Crippen LogP contribution in [0.15, 0.2) is 30.3 Å². The lowest BCUT2D eigenvalue weighted by Crippen LogP contribution is -2.46. The maximum atomic E-state index is 12.5. The average molecular weight is 539 g/mol. The predicted molar refractivity (Wildman–Crippen MR) is 156 cm³/mol. The fraction of sp³-hybridized carbons (Fsp3) is 0.806. The van der Waals surface area contributed by atoms with Gasteiger partial charge < -0.3 is 9.38 Å². The fourth-order valence-electron chi connectivity index (χ4n) is 5.48. The van der Waals surface area contributed by atoms with Gasteiger partial charge in [0.2, 0.25) is 0 Å². The van der Waals surface area contributed by atoms with Crippen molar-refractivity contribution in [2.45, 2.75) is 129 Å². The van der Waals surface area contributed by atoms with Gasteiger partial charge in [-0.1, -0.05) is 121 Å². The Labute approximate surface area is 228 Å². The first-order chi connectivity index (χ1) is 17.9. The number of phosphoric ester groups is 1. The van der Waals surface area contributed by atoms with Crippen LogP contribution in [0, 0.1) is 0 Å². The van der Waals surface area contributed by atoms with E-state index in [1.807, 2.05) is 0 Å². The number of phosphoric acid groups is 1. The van der Waals surface area contributed by atoms with Crippen molar-refractivity contribution in [3.63, 3.8) is 0 Å². The van der Waals surface area contributed by atoms with Gasteiger partial charge in [0.05, 0.1) is 39.4 Å². The molecule has 5 nitrogen and oxygen atoms in total. The summed E-state index contributed by atoms with van der Waals surface area (Å²) in [5, 5.41) is 0. The van der Waals surface area contributed by atoms with Crippen molar-refractivity contribution < 1.29 is 23.0 Å². The Hall–Kier alpha value is -0.710. The number of rotatable bonds is 21. The molecule has 37 heavy (non-hydrogen) atoms. The fourth-order valence-corrected chi connectivity index (χ4v) is 6.49. The van der Waals surface area contributed by atoms with E-state index in [4.69, 9.17) is 9.05 Å². The van der Waals surface area contributed by atoms with Crippen LogP contribution < -0.4 is 0 Å². The van der Waals surface area contributed by atoms with E-state index in [1.54, 1.807) is 0 Å². The standard InChI is InChI=1S/C31H56NO4P/c1-3-4-5-6-7-8-9-10-11-12-13-14-15-19-29-35-37(33,34)36-31-23-20-26-32(2,28-25-31)27-24-30-21-17-16-18-22-30/h16-18,21-22,31H,3-15,19-20,23-29H2,1-2H3/p+1. The van der Waals surface area contributed by atoms with Crippen LogP contribution in [0.25, 0.3) is 0 Å². The zero-order valence-corrected chi connectivity index (χ0v) is 25.0. The van der Waals surface area contributed by atoms with Gasteiger partial charge in [0.25, 0.3) is 0 Å². The first-order valence-electron chi connectivity index (χ1n) is 15.5. The SMILES string of the molecule is CCCCCCCCCCCCCCCCOP(=O)(O)OC1CCC[N+](C)(CCc2ccccc2)CC1. The van der Waals surface area contributed by atoms with E-state index in [9.17, 15) is 9.46 Å². The lowest BCUT2D eigenvalue weighted by molar-refractivity contribution is -0.908. The summed E-state index contributed by atoms with van der Waals surface area (Å²) in [7, 11) is -1.68. The normalized spacial score (nSPS) is 22.0. The summed E-state index contributed by atoms with van der Waals surface area (Å²) in [6, 6.07) is 10.6. The van der Waals surface area contributed by atoms with E-state index in [2.05, 4.69) is 44.3 Å². The molecule has 1 saturated heterocycles. The van der Waals surface area contributed by atoms with Gasteiger partial charge >= 0.3 is 7.82 Å². The number of likely N-dealkylation sites (N-methyl/N-ethyl adjacent to an activating group) is 1. The van der Waals surface area contributed by atoms with Crippen molar-refractivity contribution in [2.24, 2.45) is 0 Å². The molecule has 3 unspecified atom stereocenters. The van der Waals surface area contributed by atoms with Crippen LogP contribution >= 0.6 is 7.82 Å². The molecule has 1 heterocycles. The van der Waals surface area contributed by atoms with Gasteiger partial charge in [-0.15, -0.1) is 0 Å². The van der Waals surface area contributed by atoms with E-state index in [-0.39, 0.29) is 6.10 Å². The summed E-state index contributed by atoms with van der Waals surface area (Å²) in [5.41, 5.74) is 1.37. The minimum atomic E-state index is -3.98. The van der Waals surface area contributed by atoms with Gasteiger partial charge in [-0.25, -0.2) is 4.57 Å². The van der Waals surface area contributed by atoms with Crippen LogP contribution in [0.4, 0.5) is 0 Å². The van der Waals surface area contributed by atoms with Crippen LogP contribution in [0.1, 0.15) is 122 Å². The molecular weight excluding hydrogens is 481 g/mol. The molecular formula is C31H57NO4P+. The summed E-state index contributed by atoms with van der Waals surface area (Å²) in [6.45, 7) is 5.72. The average Bonchev–Trinajstić information content (AvgIpc) is 3.07. The van der Waals surface area contributed by atoms with Crippen molar-refractivity contribution in [1.29, 1.82) is 0 Å². The molecule has 3 atom stereocenters. The number of hydrogen-bond donors (Lipinski definition) is 1. The molecule has 214 valence electrons. The van der Waals surface area contributed by atoms with Gasteiger partial charge in [-0.3, -0.25) is 9.05 Å². The monoisotopic (exact) mass is 538 g/mol. The topological polar surface area (TPSA) is 55.8 Å². The number of quaternary nitrogens is 1. The molecule has 0 saturated carbocycles. The maximum Gasteiger partial charge on any atom is 0.472 e. The predicted octanol–water partition coefficient (Wildman–Crippen LogP) is 8.84. The first kappa shape index (κ1) is 32.5. The zero-order chi connectivity index (χ0) is 26.7. The Kier molecular flexibility index (Phi) is 17.0. The van der Waals surface area contributed by atoms with E-state index >= 15 is 0 Å². The molecule has 1 N–H and O–H groups in total. The highest BCUT2D eigenvalue weighted by Gasteiger charge is 2.32. The Morgan fingerprint density at radius 3 is 2.00 bits per heavy atom. The minimum Gasteiger partial charge on any atom is -0.326 e. The minimum absolute atomic E-state index is 0.191. The zero-order valence-electron chi connectivity index (χ0n) is 24.1. The van der Waals surface area contributed by atoms with E-state index in [0.717, 1.165) is 62.6 Å². The van der Waals surface area contributed by atoms with E-state index in [1.165, 1.54) is 82.6 Å². The third-order valence-electron chi connectivity index (χ3n) is 8.03. The van der Waals surface area contributed by atoms with Gasteiger partial charge in [0.1, 0.15) is 0 Å². The quantitative estimate of drug-likeness (QED) is 0.0965. The lowest BCUT2D eigenvalue weighted by atomic mass is 10.0. The maximum absolute atomic E-state index is 12.5. The molecule has 2 rings (SSSR count). The molecule has 1 aliphatic heterocycles. The van der Waals surface area contributed by atoms with Gasteiger partial charge in [0, 0.05) is 12.8 Å². The molecule has 0 radical (unpaired) electrons. The number of hydrogen-bond acceptors (Lipinski definition) is 3. The molecule has 0 amide bonds. The summed E-state index contributed by atoms with van der Waals surface area (Å²) in [5.74, 6) is 0. The highest BCUT2D eigenvalue weighted by atomic mass is 31.2. The molecule has 1 aromatic carbocycles. The van der Waals surface area contributed by atoms with E-state index in [0.29, 0.717) is 6.61 Å². The van der Waals surface area contributed by atoms with Crippen molar-refractivity contribution in [2.75, 3.05) is 33.3 Å². The Morgan fingerprint density at radius 1 is 0.838 bits per heavy atom. The third-order valence-corrected chi connectivity index (χ3v) is 9.11. The molecule has 0 aromatic heterocycles. The van der Waals surface area contributed by atoms with E-state index < -0.39 is 7.82 Å². The van der Waals surface area contributed by atoms with Crippen molar-refractivity contribution in [3.8, 4) is 0 Å². The molecule has 1 aromatic rings. The molecule has 1 fully saturated rings. The number of benzene rings is 1. The molecule has 0 spiro atoms. The Morgan fingerprint density at radius 2 is 1.41 bits per heavy atom. The van der Waals surface area contributed by atoms with Gasteiger partial charge in [-0.05, 0) is 24.8 Å². The summed E-state index contributed by atoms with van der Waals surface area (Å²) in [6.07, 6.45) is 21.6. The van der Waals surface area contributed by atoms with Gasteiger partial charge in [-0.2, -0.15) is 0 Å². The van der Waals surface area contributed by atoms with Gasteiger partial charge in [0.15, 0.2) is 0 Å². The highest BCUT2D eigenvalue weighted by molar-refractivity contribution is 7.47. The lowest BCUT2D eigenvalue weighted by Gasteiger charge is -2.33. The summed E-state index contributed by atoms with van der Waals surface area (Å²) >= 11 is 0. The second-order valence-corrected chi connectivity index (χ2v) is 13.0. The van der Waals surface area contributed by atoms with Crippen LogP contribution in [0.5, 0.6) is 0 Å². The molecule has 0 aliphatic carbocycles. The largest absolute Gasteiger partial charge is 0.472 e. The van der Waals surface area contributed by atoms with Crippen LogP contribution in [0.3, 0.4) is 0 Å². The number of likely N-dealkylation sites (tertiary alicyclic amines) is 1.